The molecule has 18 heavy (non-hydrogen) atoms. The molecule has 0 aromatic carbocycles. The number of hydrogen-bond donors (Lipinski definition) is 0. The fraction of sp³-hybridized carbons (Fsp3) is 0.875. The molecule has 1 unspecified atom stereocenters. The van der Waals surface area contributed by atoms with Crippen LogP contribution in [0.4, 0.5) is 0 Å². The summed E-state index contributed by atoms with van der Waals surface area (Å²) in [4.78, 5) is 0. The van der Waals surface area contributed by atoms with Crippen LogP contribution in [0, 0.1) is 11.3 Å². The van der Waals surface area contributed by atoms with Gasteiger partial charge in [-0.25, -0.2) is 4.31 Å². The maximum absolute atomic E-state index is 4.03. The quantitative estimate of drug-likeness (QED) is 0.504. The predicted molar refractivity (Wildman–Crippen MR) is 84.8 cm³/mol. The molecular formula is C16H31NS. The molecule has 0 amide bonds. The topological polar surface area (TPSA) is 3.24 Å². The van der Waals surface area contributed by atoms with Crippen molar-refractivity contribution >= 4 is 11.9 Å². The van der Waals surface area contributed by atoms with E-state index in [9.17, 15) is 0 Å². The highest BCUT2D eigenvalue weighted by Crippen LogP contribution is 2.46. The molecule has 0 aromatic rings. The fourth-order valence-corrected chi connectivity index (χ4v) is 4.41. The zero-order valence-corrected chi connectivity index (χ0v) is 14.2. The van der Waals surface area contributed by atoms with E-state index in [-0.39, 0.29) is 5.54 Å². The average molecular weight is 269 g/mol. The van der Waals surface area contributed by atoms with Gasteiger partial charge in [-0.3, -0.25) is 0 Å². The number of nitrogens with zero attached hydrogens (tertiary/aromatic N) is 1. The van der Waals surface area contributed by atoms with Gasteiger partial charge in [-0.2, -0.15) is 0 Å². The van der Waals surface area contributed by atoms with Crippen molar-refractivity contribution < 1.29 is 0 Å². The summed E-state index contributed by atoms with van der Waals surface area (Å²) in [6.07, 6.45) is 4.60. The molecule has 1 fully saturated rings. The summed E-state index contributed by atoms with van der Waals surface area (Å²) in [5.41, 5.74) is 0.582. The van der Waals surface area contributed by atoms with E-state index in [2.05, 4.69) is 65.4 Å². The highest BCUT2D eigenvalue weighted by molar-refractivity contribution is 7.98. The molecule has 1 heterocycles. The standard InChI is InChI=1S/C16H31NS/c1-9-13-10-15(5,6)17(12-14(2,3)4)18-16(7,8)11-13/h9,13H,1,10-12H2,2-8H3. The molecule has 0 N–H and O–H groups in total. The molecule has 1 aliphatic rings. The Labute approximate surface area is 119 Å². The first-order chi connectivity index (χ1) is 7.95. The van der Waals surface area contributed by atoms with Crippen LogP contribution in [0.1, 0.15) is 61.3 Å². The molecule has 1 rings (SSSR count). The third kappa shape index (κ3) is 4.62. The van der Waals surface area contributed by atoms with Crippen molar-refractivity contribution in [2.24, 2.45) is 11.3 Å². The Morgan fingerprint density at radius 1 is 1.22 bits per heavy atom. The van der Waals surface area contributed by atoms with Crippen LogP contribution in [0.2, 0.25) is 0 Å². The number of rotatable bonds is 2. The lowest BCUT2D eigenvalue weighted by Crippen LogP contribution is -2.44. The summed E-state index contributed by atoms with van der Waals surface area (Å²) >= 11 is 2.05. The SMILES string of the molecule is C=CC1CC(C)(C)SN(CC(C)(C)C)C(C)(C)C1. The van der Waals surface area contributed by atoms with Gasteiger partial charge in [0.1, 0.15) is 0 Å². The van der Waals surface area contributed by atoms with E-state index in [1.165, 1.54) is 12.8 Å². The molecule has 0 saturated carbocycles. The monoisotopic (exact) mass is 269 g/mol. The van der Waals surface area contributed by atoms with E-state index in [0.29, 0.717) is 16.1 Å². The zero-order valence-electron chi connectivity index (χ0n) is 13.3. The van der Waals surface area contributed by atoms with Gasteiger partial charge in [0.2, 0.25) is 0 Å². The normalized spacial score (nSPS) is 28.7. The van der Waals surface area contributed by atoms with Crippen LogP contribution in [0.3, 0.4) is 0 Å². The Hall–Kier alpha value is 0.0500. The minimum Gasteiger partial charge on any atom is -0.244 e. The Bertz CT molecular complexity index is 299. The highest BCUT2D eigenvalue weighted by Gasteiger charge is 2.40. The Kier molecular flexibility index (Phi) is 4.66. The fourth-order valence-electron chi connectivity index (χ4n) is 2.75. The lowest BCUT2D eigenvalue weighted by molar-refractivity contribution is 0.168. The minimum atomic E-state index is 0.241. The van der Waals surface area contributed by atoms with Crippen molar-refractivity contribution in [2.45, 2.75) is 71.6 Å². The molecule has 0 aliphatic carbocycles. The van der Waals surface area contributed by atoms with Crippen LogP contribution >= 0.6 is 11.9 Å². The molecule has 0 radical (unpaired) electrons. The van der Waals surface area contributed by atoms with Crippen molar-refractivity contribution in [1.29, 1.82) is 0 Å². The lowest BCUT2D eigenvalue weighted by atomic mass is 9.84. The summed E-state index contributed by atoms with van der Waals surface area (Å²) in [5, 5.41) is 0. The largest absolute Gasteiger partial charge is 0.244 e. The summed E-state index contributed by atoms with van der Waals surface area (Å²) in [6.45, 7) is 21.6. The molecule has 0 aromatic heterocycles. The maximum atomic E-state index is 4.03. The van der Waals surface area contributed by atoms with Gasteiger partial charge >= 0.3 is 0 Å². The van der Waals surface area contributed by atoms with Crippen LogP contribution in [0.15, 0.2) is 12.7 Å². The summed E-state index contributed by atoms with van der Waals surface area (Å²) < 4.78 is 2.92. The van der Waals surface area contributed by atoms with Crippen LogP contribution in [0.25, 0.3) is 0 Å². The Morgan fingerprint density at radius 3 is 2.22 bits per heavy atom. The van der Waals surface area contributed by atoms with Gasteiger partial charge in [0.15, 0.2) is 0 Å². The van der Waals surface area contributed by atoms with Gasteiger partial charge < -0.3 is 0 Å². The molecule has 106 valence electrons. The van der Waals surface area contributed by atoms with Gasteiger partial charge in [0.05, 0.1) is 0 Å². The van der Waals surface area contributed by atoms with E-state index in [1.54, 1.807) is 0 Å². The molecule has 1 nitrogen and oxygen atoms in total. The first-order valence-electron chi connectivity index (χ1n) is 7.05. The molecular weight excluding hydrogens is 238 g/mol. The van der Waals surface area contributed by atoms with Crippen molar-refractivity contribution in [3.63, 3.8) is 0 Å². The van der Waals surface area contributed by atoms with Crippen molar-refractivity contribution in [2.75, 3.05) is 6.54 Å². The van der Waals surface area contributed by atoms with E-state index >= 15 is 0 Å². The summed E-state index contributed by atoms with van der Waals surface area (Å²) in [5.74, 6) is 0.632. The molecule has 1 aliphatic heterocycles. The molecule has 0 spiro atoms. The lowest BCUT2D eigenvalue weighted by Gasteiger charge is -2.42. The molecule has 2 heteroatoms. The van der Waals surface area contributed by atoms with Gasteiger partial charge in [0, 0.05) is 16.8 Å². The van der Waals surface area contributed by atoms with Crippen LogP contribution in [-0.4, -0.2) is 21.1 Å². The second-order valence-electron chi connectivity index (χ2n) is 8.16. The molecule has 1 atom stereocenters. The van der Waals surface area contributed by atoms with E-state index < -0.39 is 0 Å². The maximum Gasteiger partial charge on any atom is 0.0263 e. The number of hydrogen-bond acceptors (Lipinski definition) is 2. The van der Waals surface area contributed by atoms with E-state index in [1.807, 2.05) is 11.9 Å². The average Bonchev–Trinajstić information content (AvgIpc) is 2.19. The van der Waals surface area contributed by atoms with E-state index in [4.69, 9.17) is 0 Å². The third-order valence-corrected chi connectivity index (χ3v) is 5.00. The van der Waals surface area contributed by atoms with Crippen molar-refractivity contribution in [1.82, 2.24) is 4.31 Å². The molecule has 1 saturated heterocycles. The number of allylic oxidation sites excluding steroid dienone is 1. The van der Waals surface area contributed by atoms with Crippen molar-refractivity contribution in [3.8, 4) is 0 Å². The highest BCUT2D eigenvalue weighted by atomic mass is 32.2. The minimum absolute atomic E-state index is 0.241. The zero-order chi connectivity index (χ0) is 14.2. The smallest absolute Gasteiger partial charge is 0.0263 e. The summed E-state index contributed by atoms with van der Waals surface area (Å²) in [6, 6.07) is 0. The van der Waals surface area contributed by atoms with Gasteiger partial charge in [-0.15, -0.1) is 6.58 Å². The van der Waals surface area contributed by atoms with Crippen LogP contribution in [-0.2, 0) is 0 Å². The predicted octanol–water partition coefficient (Wildman–Crippen LogP) is 5.14. The second-order valence-corrected chi connectivity index (χ2v) is 9.89. The first-order valence-corrected chi connectivity index (χ1v) is 7.82. The van der Waals surface area contributed by atoms with Gasteiger partial charge in [-0.05, 0) is 51.9 Å². The van der Waals surface area contributed by atoms with Gasteiger partial charge in [0.25, 0.3) is 0 Å². The van der Waals surface area contributed by atoms with Gasteiger partial charge in [-0.1, -0.05) is 38.8 Å². The van der Waals surface area contributed by atoms with Crippen LogP contribution < -0.4 is 0 Å². The first kappa shape index (κ1) is 16.1. The van der Waals surface area contributed by atoms with Crippen LogP contribution in [0.5, 0.6) is 0 Å². The Morgan fingerprint density at radius 2 is 1.78 bits per heavy atom. The summed E-state index contributed by atoms with van der Waals surface area (Å²) in [7, 11) is 0. The van der Waals surface area contributed by atoms with E-state index in [0.717, 1.165) is 6.54 Å². The second kappa shape index (κ2) is 5.20. The third-order valence-electron chi connectivity index (χ3n) is 3.50. The Balaban J connectivity index is 2.97. The van der Waals surface area contributed by atoms with Crippen molar-refractivity contribution in [3.05, 3.63) is 12.7 Å². The molecule has 0 bridgehead atoms.